The molecule has 0 saturated carbocycles. The largest absolute Gasteiger partial charge is 0.768 e. The van der Waals surface area contributed by atoms with Gasteiger partial charge in [0.1, 0.15) is 4.90 Å². The highest BCUT2D eigenvalue weighted by atomic mass is 32.2. The van der Waals surface area contributed by atoms with Crippen LogP contribution in [0.5, 0.6) is 0 Å². The maximum absolute atomic E-state index is 12.4. The van der Waals surface area contributed by atoms with Gasteiger partial charge in [0, 0.05) is 11.1 Å². The summed E-state index contributed by atoms with van der Waals surface area (Å²) in [6.07, 6.45) is 1.61. The number of hydrogen-bond donors (Lipinski definition) is 1. The summed E-state index contributed by atoms with van der Waals surface area (Å²) in [6.45, 7) is 0. The lowest BCUT2D eigenvalue weighted by Crippen LogP contribution is -2.30. The highest BCUT2D eigenvalue weighted by molar-refractivity contribution is 7.91. The van der Waals surface area contributed by atoms with Crippen LogP contribution in [-0.4, -0.2) is 28.1 Å². The molecule has 0 fully saturated rings. The Balaban J connectivity index is 1.86. The minimum Gasteiger partial charge on any atom is -0.768 e. The summed E-state index contributed by atoms with van der Waals surface area (Å²) >= 11 is -1.67. The lowest BCUT2D eigenvalue weighted by atomic mass is 10.3. The maximum atomic E-state index is 12.4. The number of nitrogens with zero attached hydrogens (tertiary/aromatic N) is 1. The highest BCUT2D eigenvalue weighted by Gasteiger charge is 2.23. The maximum Gasteiger partial charge on any atom is 0.275 e. The molecule has 1 unspecified atom stereocenters. The second-order valence-corrected chi connectivity index (χ2v) is 8.64. The van der Waals surface area contributed by atoms with Crippen LogP contribution in [0.1, 0.15) is 9.67 Å². The number of carbonyl (C=O) groups is 1. The summed E-state index contributed by atoms with van der Waals surface area (Å²) in [5, 5.41) is 0. The summed E-state index contributed by atoms with van der Waals surface area (Å²) in [5.41, 5.74) is 0.659. The van der Waals surface area contributed by atoms with Crippen LogP contribution in [0.15, 0.2) is 70.6 Å². The molecule has 1 N–H and O–H groups in total. The average molecular weight is 407 g/mol. The number of hydrogen-bond acceptors (Lipinski definition) is 7. The zero-order valence-electron chi connectivity index (χ0n) is 13.0. The zero-order chi connectivity index (χ0) is 18.7. The van der Waals surface area contributed by atoms with Gasteiger partial charge in [0.2, 0.25) is 0 Å². The predicted molar refractivity (Wildman–Crippen MR) is 95.8 cm³/mol. The first-order valence-electron chi connectivity index (χ1n) is 7.15. The molecule has 3 aromatic rings. The lowest BCUT2D eigenvalue weighted by Gasteiger charge is -2.12. The standard InChI is InChI=1S/C16H12N2O5S3/c19-16(13-9-8-12(24-13)11-5-3-4-10-17-11)18-26(22,23)15-7-2-1-6-14(15)25(20)21/h1-10H,(H,18,19)(H,20,21)/p-1. The van der Waals surface area contributed by atoms with Crippen LogP contribution in [0.4, 0.5) is 0 Å². The van der Waals surface area contributed by atoms with Crippen LogP contribution in [-0.2, 0) is 21.1 Å². The van der Waals surface area contributed by atoms with Crippen molar-refractivity contribution in [2.24, 2.45) is 0 Å². The first-order chi connectivity index (χ1) is 12.4. The number of thiophene rings is 1. The Labute approximate surface area is 156 Å². The molecule has 0 aliphatic heterocycles. The Morgan fingerprint density at radius 3 is 2.50 bits per heavy atom. The van der Waals surface area contributed by atoms with Crippen molar-refractivity contribution in [2.45, 2.75) is 9.79 Å². The first kappa shape index (κ1) is 18.4. The molecule has 1 atom stereocenters. The summed E-state index contributed by atoms with van der Waals surface area (Å²) in [6, 6.07) is 13.5. The van der Waals surface area contributed by atoms with Crippen molar-refractivity contribution in [3.8, 4) is 10.6 Å². The first-order valence-corrected chi connectivity index (χ1v) is 10.5. The molecular formula is C16H11N2O5S3-. The van der Waals surface area contributed by atoms with Gasteiger partial charge in [-0.2, -0.15) is 0 Å². The molecule has 2 aromatic heterocycles. The van der Waals surface area contributed by atoms with E-state index in [1.165, 1.54) is 18.2 Å². The fraction of sp³-hybridized carbons (Fsp3) is 0. The van der Waals surface area contributed by atoms with Gasteiger partial charge in [-0.1, -0.05) is 18.2 Å². The predicted octanol–water partition coefficient (Wildman–Crippen LogP) is 2.17. The fourth-order valence-electron chi connectivity index (χ4n) is 2.14. The average Bonchev–Trinajstić information content (AvgIpc) is 3.12. The van der Waals surface area contributed by atoms with Crippen LogP contribution in [0.3, 0.4) is 0 Å². The second kappa shape index (κ2) is 7.46. The van der Waals surface area contributed by atoms with Crippen LogP contribution in [0.25, 0.3) is 10.6 Å². The van der Waals surface area contributed by atoms with Crippen molar-refractivity contribution >= 4 is 38.3 Å². The Morgan fingerprint density at radius 1 is 1.08 bits per heavy atom. The molecule has 0 aliphatic rings. The highest BCUT2D eigenvalue weighted by Crippen LogP contribution is 2.27. The quantitative estimate of drug-likeness (QED) is 0.648. The van der Waals surface area contributed by atoms with E-state index < -0.39 is 36.8 Å². The van der Waals surface area contributed by atoms with E-state index in [9.17, 15) is 22.0 Å². The normalized spacial score (nSPS) is 12.5. The summed E-state index contributed by atoms with van der Waals surface area (Å²) in [4.78, 5) is 16.4. The fourth-order valence-corrected chi connectivity index (χ4v) is 5.10. The van der Waals surface area contributed by atoms with Crippen molar-refractivity contribution in [3.63, 3.8) is 0 Å². The number of benzene rings is 1. The molecular weight excluding hydrogens is 396 g/mol. The molecule has 26 heavy (non-hydrogen) atoms. The van der Waals surface area contributed by atoms with E-state index in [1.807, 2.05) is 4.72 Å². The van der Waals surface area contributed by atoms with E-state index in [2.05, 4.69) is 4.98 Å². The van der Waals surface area contributed by atoms with Crippen LogP contribution < -0.4 is 4.72 Å². The van der Waals surface area contributed by atoms with E-state index in [0.717, 1.165) is 23.5 Å². The van der Waals surface area contributed by atoms with Crippen molar-refractivity contribution < 1.29 is 22.0 Å². The summed E-state index contributed by atoms with van der Waals surface area (Å²) < 4.78 is 49.1. The SMILES string of the molecule is O=C(NS(=O)(=O)c1ccccc1S(=O)[O-])c1ccc(-c2ccccn2)s1. The van der Waals surface area contributed by atoms with Gasteiger partial charge in [0.05, 0.1) is 15.4 Å². The Bertz CT molecular complexity index is 1080. The Morgan fingerprint density at radius 2 is 1.81 bits per heavy atom. The van der Waals surface area contributed by atoms with Crippen LogP contribution >= 0.6 is 11.3 Å². The number of sulfonamides is 1. The van der Waals surface area contributed by atoms with Gasteiger partial charge in [-0.25, -0.2) is 13.1 Å². The molecule has 0 aliphatic carbocycles. The molecule has 2 heterocycles. The molecule has 0 bridgehead atoms. The van der Waals surface area contributed by atoms with Gasteiger partial charge in [-0.15, -0.1) is 11.3 Å². The number of rotatable bonds is 5. The molecule has 0 spiro atoms. The molecule has 3 rings (SSSR count). The summed E-state index contributed by atoms with van der Waals surface area (Å²) in [7, 11) is -4.34. The molecule has 134 valence electrons. The molecule has 1 aromatic carbocycles. The zero-order valence-corrected chi connectivity index (χ0v) is 15.4. The van der Waals surface area contributed by atoms with Gasteiger partial charge in [0.15, 0.2) is 0 Å². The van der Waals surface area contributed by atoms with Gasteiger partial charge in [-0.3, -0.25) is 14.0 Å². The van der Waals surface area contributed by atoms with Crippen LogP contribution in [0.2, 0.25) is 0 Å². The minimum absolute atomic E-state index is 0.162. The number of pyridine rings is 1. The van der Waals surface area contributed by atoms with Gasteiger partial charge in [-0.05, 0) is 47.5 Å². The third kappa shape index (κ3) is 3.88. The number of nitrogens with one attached hydrogen (secondary N) is 1. The topological polar surface area (TPSA) is 116 Å². The van der Waals surface area contributed by atoms with E-state index in [0.29, 0.717) is 10.6 Å². The molecule has 0 radical (unpaired) electrons. The minimum atomic E-state index is -4.34. The van der Waals surface area contributed by atoms with Crippen molar-refractivity contribution in [3.05, 3.63) is 65.7 Å². The van der Waals surface area contributed by atoms with Crippen molar-refractivity contribution in [1.29, 1.82) is 0 Å². The smallest absolute Gasteiger partial charge is 0.275 e. The van der Waals surface area contributed by atoms with Crippen LogP contribution in [0, 0.1) is 0 Å². The molecule has 0 saturated heterocycles. The molecule has 1 amide bonds. The van der Waals surface area contributed by atoms with E-state index in [1.54, 1.807) is 30.5 Å². The molecule has 7 nitrogen and oxygen atoms in total. The summed E-state index contributed by atoms with van der Waals surface area (Å²) in [5.74, 6) is -0.844. The van der Waals surface area contributed by atoms with E-state index in [4.69, 9.17) is 0 Å². The second-order valence-electron chi connectivity index (χ2n) is 4.99. The van der Waals surface area contributed by atoms with Gasteiger partial charge in [0.25, 0.3) is 15.9 Å². The number of amides is 1. The van der Waals surface area contributed by atoms with Crippen molar-refractivity contribution in [2.75, 3.05) is 0 Å². The van der Waals surface area contributed by atoms with E-state index in [-0.39, 0.29) is 4.88 Å². The van der Waals surface area contributed by atoms with Gasteiger partial charge >= 0.3 is 0 Å². The third-order valence-corrected chi connectivity index (χ3v) is 6.63. The lowest BCUT2D eigenvalue weighted by molar-refractivity contribution is 0.0985. The number of aromatic nitrogens is 1. The molecule has 10 heteroatoms. The monoisotopic (exact) mass is 407 g/mol. The van der Waals surface area contributed by atoms with Gasteiger partial charge < -0.3 is 4.55 Å². The Hall–Kier alpha value is -2.40. The van der Waals surface area contributed by atoms with E-state index >= 15 is 0 Å². The number of carbonyl (C=O) groups excluding carboxylic acids is 1. The Kier molecular flexibility index (Phi) is 5.28. The third-order valence-electron chi connectivity index (χ3n) is 3.29. The van der Waals surface area contributed by atoms with Crippen molar-refractivity contribution in [1.82, 2.24) is 9.71 Å².